The van der Waals surface area contributed by atoms with E-state index in [1.165, 1.54) is 28.1 Å². The van der Waals surface area contributed by atoms with Gasteiger partial charge >= 0.3 is 13.8 Å². The van der Waals surface area contributed by atoms with Crippen molar-refractivity contribution in [2.24, 2.45) is 0 Å². The van der Waals surface area contributed by atoms with Gasteiger partial charge in [0.2, 0.25) is 0 Å². The van der Waals surface area contributed by atoms with Crippen LogP contribution in [0.25, 0.3) is 0 Å². The summed E-state index contributed by atoms with van der Waals surface area (Å²) in [6, 6.07) is 0. The largest absolute Gasteiger partial charge is 0.752 e. The van der Waals surface area contributed by atoms with Crippen LogP contribution in [0.4, 0.5) is 0 Å². The molecule has 0 bridgehead atoms. The third kappa shape index (κ3) is 9.02. The van der Waals surface area contributed by atoms with Gasteiger partial charge in [0, 0.05) is 5.57 Å². The number of rotatable bonds is 7. The average Bonchev–Trinajstić information content (AvgIpc) is 2.07. The summed E-state index contributed by atoms with van der Waals surface area (Å²) in [5, 5.41) is 0. The van der Waals surface area contributed by atoms with E-state index in [4.69, 9.17) is 0 Å². The lowest BCUT2D eigenvalue weighted by Crippen LogP contribution is -2.35. The molecule has 0 aliphatic rings. The topological polar surface area (TPSA) is 84.9 Å². The predicted molar refractivity (Wildman–Crippen MR) is 58.4 cm³/mol. The van der Waals surface area contributed by atoms with E-state index >= 15 is 0 Å². The first-order valence-electron chi connectivity index (χ1n) is 4.84. The van der Waals surface area contributed by atoms with Crippen LogP contribution in [0.2, 0.25) is 0 Å². The number of esters is 1. The van der Waals surface area contributed by atoms with Crippen molar-refractivity contribution in [3.05, 3.63) is 12.2 Å². The highest BCUT2D eigenvalue weighted by atomic mass is 31.2. The maximum atomic E-state index is 11.2. The Labute approximate surface area is 101 Å². The second kappa shape index (κ2) is 6.28. The maximum absolute atomic E-state index is 11.2. The number of phosphoric ester groups is 1. The van der Waals surface area contributed by atoms with Crippen molar-refractivity contribution in [3.63, 3.8) is 0 Å². The van der Waals surface area contributed by atoms with Gasteiger partial charge in [-0.05, 0) is 6.92 Å². The minimum atomic E-state index is -4.39. The number of ether oxygens (including phenoxy) is 1. The monoisotopic (exact) mass is 267 g/mol. The molecule has 0 fully saturated rings. The molecule has 17 heavy (non-hydrogen) atoms. The summed E-state index contributed by atoms with van der Waals surface area (Å²) in [5.41, 5.74) is 0.234. The van der Waals surface area contributed by atoms with Gasteiger partial charge in [0.25, 0.3) is 0 Å². The van der Waals surface area contributed by atoms with Crippen LogP contribution >= 0.6 is 7.82 Å². The van der Waals surface area contributed by atoms with Crippen molar-refractivity contribution < 1.29 is 32.8 Å². The van der Waals surface area contributed by atoms with E-state index in [1.807, 2.05) is 0 Å². The molecule has 0 saturated carbocycles. The Hall–Kier alpha value is -0.720. The van der Waals surface area contributed by atoms with Crippen LogP contribution in [0, 0.1) is 0 Å². The number of hydrogen-bond acceptors (Lipinski definition) is 6. The molecule has 0 aromatic carbocycles. The molecule has 8 heteroatoms. The number of hydroxylamine groups is 3. The standard InChI is InChI=1S/C9H18NO6P/c1-8(2)9(11)14-6-7-15-17(12,13)16-10(3,4)5/h1,6-7H2,2-5H3. The number of quaternary nitrogens is 1. The summed E-state index contributed by atoms with van der Waals surface area (Å²) in [4.78, 5) is 22.2. The van der Waals surface area contributed by atoms with Gasteiger partial charge in [-0.25, -0.2) is 4.79 Å². The average molecular weight is 267 g/mol. The van der Waals surface area contributed by atoms with E-state index in [0.29, 0.717) is 0 Å². The zero-order chi connectivity index (χ0) is 13.7. The fourth-order valence-corrected chi connectivity index (χ4v) is 1.68. The lowest BCUT2D eigenvalue weighted by molar-refractivity contribution is -1.04. The third-order valence-corrected chi connectivity index (χ3v) is 2.45. The van der Waals surface area contributed by atoms with Crippen LogP contribution in [0.15, 0.2) is 12.2 Å². The van der Waals surface area contributed by atoms with Crippen LogP contribution in [0.1, 0.15) is 6.92 Å². The van der Waals surface area contributed by atoms with Gasteiger partial charge < -0.3 is 14.2 Å². The Kier molecular flexibility index (Phi) is 6.01. The highest BCUT2D eigenvalue weighted by Gasteiger charge is 2.21. The van der Waals surface area contributed by atoms with Crippen molar-refractivity contribution in [1.29, 1.82) is 0 Å². The Balaban J connectivity index is 3.93. The normalized spacial score (nSPS) is 15.1. The number of phosphoric acid groups is 1. The molecule has 0 aromatic heterocycles. The molecule has 0 aromatic rings. The molecule has 0 amide bonds. The van der Waals surface area contributed by atoms with Crippen molar-refractivity contribution in [2.45, 2.75) is 6.92 Å². The number of carbonyl (C=O) groups is 1. The van der Waals surface area contributed by atoms with Crippen molar-refractivity contribution in [2.75, 3.05) is 34.4 Å². The predicted octanol–water partition coefficient (Wildman–Crippen LogP) is 0.228. The summed E-state index contributed by atoms with van der Waals surface area (Å²) in [6.45, 7) is 4.39. The van der Waals surface area contributed by atoms with Gasteiger partial charge in [-0.1, -0.05) is 6.58 Å². The summed E-state index contributed by atoms with van der Waals surface area (Å²) in [7, 11) is 0.179. The highest BCUT2D eigenvalue weighted by Crippen LogP contribution is 2.40. The van der Waals surface area contributed by atoms with Crippen LogP contribution in [0.3, 0.4) is 0 Å². The Morgan fingerprint density at radius 3 is 2.29 bits per heavy atom. The molecule has 0 spiro atoms. The molecule has 0 N–H and O–H groups in total. The lowest BCUT2D eigenvalue weighted by Gasteiger charge is -2.29. The second-order valence-electron chi connectivity index (χ2n) is 4.17. The molecule has 0 aliphatic carbocycles. The van der Waals surface area contributed by atoms with Gasteiger partial charge in [-0.2, -0.15) is 4.65 Å². The van der Waals surface area contributed by atoms with Gasteiger partial charge in [-0.15, -0.1) is 4.62 Å². The highest BCUT2D eigenvalue weighted by molar-refractivity contribution is 7.45. The first-order chi connectivity index (χ1) is 7.53. The van der Waals surface area contributed by atoms with Gasteiger partial charge in [0.15, 0.2) is 0 Å². The molecule has 100 valence electrons. The van der Waals surface area contributed by atoms with E-state index in [0.717, 1.165) is 0 Å². The SMILES string of the molecule is C=C(C)C(=O)OCCOP(=O)([O-])O[N+](C)(C)C. The van der Waals surface area contributed by atoms with Crippen molar-refractivity contribution in [1.82, 2.24) is 0 Å². The molecule has 0 aliphatic heterocycles. The summed E-state index contributed by atoms with van der Waals surface area (Å²) in [6.07, 6.45) is 0. The van der Waals surface area contributed by atoms with E-state index < -0.39 is 13.8 Å². The van der Waals surface area contributed by atoms with Gasteiger partial charge in [0.05, 0.1) is 27.7 Å². The van der Waals surface area contributed by atoms with Crippen LogP contribution in [0.5, 0.6) is 0 Å². The van der Waals surface area contributed by atoms with Crippen molar-refractivity contribution >= 4 is 13.8 Å². The molecule has 7 nitrogen and oxygen atoms in total. The number of hydrogen-bond donors (Lipinski definition) is 0. The van der Waals surface area contributed by atoms with Crippen molar-refractivity contribution in [3.8, 4) is 0 Å². The zero-order valence-corrected chi connectivity index (χ0v) is 11.4. The van der Waals surface area contributed by atoms with E-state index in [9.17, 15) is 14.3 Å². The van der Waals surface area contributed by atoms with Gasteiger partial charge in [0.1, 0.15) is 6.61 Å². The summed E-state index contributed by atoms with van der Waals surface area (Å²) in [5.74, 6) is -0.596. The molecule has 0 heterocycles. The molecule has 1 unspecified atom stereocenters. The number of carbonyl (C=O) groups excluding carboxylic acids is 1. The number of nitrogens with zero attached hydrogens (tertiary/aromatic N) is 1. The molecular weight excluding hydrogens is 249 g/mol. The second-order valence-corrected chi connectivity index (χ2v) is 5.48. The molecule has 0 saturated heterocycles. The fourth-order valence-electron chi connectivity index (χ4n) is 0.730. The quantitative estimate of drug-likeness (QED) is 0.164. The first kappa shape index (κ1) is 16.3. The smallest absolute Gasteiger partial charge is 0.333 e. The zero-order valence-electron chi connectivity index (χ0n) is 10.5. The van der Waals surface area contributed by atoms with E-state index in [1.54, 1.807) is 0 Å². The molecule has 0 rings (SSSR count). The Bertz CT molecular complexity index is 335. The summed E-state index contributed by atoms with van der Waals surface area (Å²) >= 11 is 0. The fraction of sp³-hybridized carbons (Fsp3) is 0.667. The van der Waals surface area contributed by atoms with Crippen LogP contribution < -0.4 is 4.89 Å². The molecule has 0 radical (unpaired) electrons. The van der Waals surface area contributed by atoms with E-state index in [-0.39, 0.29) is 23.4 Å². The third-order valence-electron chi connectivity index (χ3n) is 1.26. The summed E-state index contributed by atoms with van der Waals surface area (Å²) < 4.78 is 24.8. The lowest BCUT2D eigenvalue weighted by atomic mass is 10.4. The van der Waals surface area contributed by atoms with Crippen LogP contribution in [-0.2, 0) is 23.2 Å². The van der Waals surface area contributed by atoms with E-state index in [2.05, 4.69) is 20.5 Å². The van der Waals surface area contributed by atoms with Gasteiger partial charge in [-0.3, -0.25) is 4.57 Å². The Morgan fingerprint density at radius 2 is 1.88 bits per heavy atom. The first-order valence-corrected chi connectivity index (χ1v) is 6.30. The van der Waals surface area contributed by atoms with Crippen LogP contribution in [-0.4, -0.2) is 45.0 Å². The molecule has 1 atom stereocenters. The molecular formula is C9H18NO6P. The minimum absolute atomic E-state index is 0.182. The maximum Gasteiger partial charge on any atom is 0.333 e. The minimum Gasteiger partial charge on any atom is -0.752 e. The Morgan fingerprint density at radius 1 is 1.35 bits per heavy atom.